The Balaban J connectivity index is 2.19. The van der Waals surface area contributed by atoms with Crippen molar-refractivity contribution in [1.82, 2.24) is 15.2 Å². The molecule has 0 aliphatic carbocycles. The molecule has 2 amide bonds. The molecular weight excluding hydrogens is 372 g/mol. The topological polar surface area (TPSA) is 103 Å². The number of nitrogens with zero attached hydrogens (tertiary/aromatic N) is 3. The summed E-state index contributed by atoms with van der Waals surface area (Å²) in [4.78, 5) is 42.9. The van der Waals surface area contributed by atoms with Crippen molar-refractivity contribution in [2.75, 3.05) is 24.5 Å². The van der Waals surface area contributed by atoms with Gasteiger partial charge in [0.25, 0.3) is 0 Å². The smallest absolute Gasteiger partial charge is 0.326 e. The second-order valence-electron chi connectivity index (χ2n) is 6.64. The molecular formula is C21H26N4O4. The minimum Gasteiger partial charge on any atom is -0.480 e. The van der Waals surface area contributed by atoms with Crippen LogP contribution >= 0.6 is 0 Å². The number of carboxylic acids is 1. The van der Waals surface area contributed by atoms with Crippen molar-refractivity contribution >= 4 is 23.5 Å². The lowest BCUT2D eigenvalue weighted by molar-refractivity contribution is -0.148. The van der Waals surface area contributed by atoms with E-state index in [0.717, 1.165) is 11.3 Å². The summed E-state index contributed by atoms with van der Waals surface area (Å²) in [6, 6.07) is 12.2. The number of hydrogen-bond donors (Lipinski definition) is 2. The zero-order valence-electron chi connectivity index (χ0n) is 16.6. The van der Waals surface area contributed by atoms with Gasteiger partial charge in [-0.3, -0.25) is 14.6 Å². The third kappa shape index (κ3) is 6.91. The number of anilines is 1. The van der Waals surface area contributed by atoms with Crippen LogP contribution < -0.4 is 10.2 Å². The van der Waals surface area contributed by atoms with Gasteiger partial charge < -0.3 is 20.2 Å². The number of benzene rings is 1. The van der Waals surface area contributed by atoms with Crippen molar-refractivity contribution in [1.29, 1.82) is 0 Å². The van der Waals surface area contributed by atoms with Crippen LogP contribution in [0.25, 0.3) is 0 Å². The Kier molecular flexibility index (Phi) is 8.14. The van der Waals surface area contributed by atoms with Crippen molar-refractivity contribution in [3.05, 3.63) is 60.4 Å². The van der Waals surface area contributed by atoms with Gasteiger partial charge in [0, 0.05) is 44.6 Å². The molecule has 0 aliphatic heterocycles. The van der Waals surface area contributed by atoms with Crippen molar-refractivity contribution in [2.45, 2.75) is 26.4 Å². The van der Waals surface area contributed by atoms with Crippen LogP contribution in [0.2, 0.25) is 0 Å². The lowest BCUT2D eigenvalue weighted by Gasteiger charge is -2.31. The number of carboxylic acid groups (broad SMARTS) is 1. The Bertz CT molecular complexity index is 814. The fourth-order valence-electron chi connectivity index (χ4n) is 2.86. The fraction of sp³-hybridized carbons (Fsp3) is 0.333. The van der Waals surface area contributed by atoms with Gasteiger partial charge in [0.2, 0.25) is 11.8 Å². The van der Waals surface area contributed by atoms with Crippen molar-refractivity contribution in [3.63, 3.8) is 0 Å². The van der Waals surface area contributed by atoms with E-state index >= 15 is 0 Å². The van der Waals surface area contributed by atoms with Gasteiger partial charge in [-0.25, -0.2) is 4.79 Å². The van der Waals surface area contributed by atoms with Gasteiger partial charge >= 0.3 is 5.97 Å². The van der Waals surface area contributed by atoms with E-state index in [1.807, 2.05) is 47.4 Å². The van der Waals surface area contributed by atoms with Gasteiger partial charge in [0.05, 0.1) is 6.54 Å². The van der Waals surface area contributed by atoms with Crippen molar-refractivity contribution < 1.29 is 19.5 Å². The molecule has 1 atom stereocenters. The van der Waals surface area contributed by atoms with E-state index in [-0.39, 0.29) is 31.4 Å². The van der Waals surface area contributed by atoms with E-state index in [4.69, 9.17) is 0 Å². The molecule has 1 unspecified atom stereocenters. The number of carbonyl (C=O) groups is 3. The zero-order valence-corrected chi connectivity index (χ0v) is 16.6. The molecule has 0 bridgehead atoms. The maximum absolute atomic E-state index is 13.0. The summed E-state index contributed by atoms with van der Waals surface area (Å²) in [5.74, 6) is -1.67. The van der Waals surface area contributed by atoms with Gasteiger partial charge in [-0.2, -0.15) is 0 Å². The number of para-hydroxylation sites is 1. The van der Waals surface area contributed by atoms with E-state index < -0.39 is 12.0 Å². The molecule has 1 aromatic carbocycles. The minimum atomic E-state index is -1.10. The molecule has 0 saturated carbocycles. The number of nitrogens with one attached hydrogen (secondary N) is 1. The van der Waals surface area contributed by atoms with Crippen LogP contribution in [0, 0.1) is 0 Å². The summed E-state index contributed by atoms with van der Waals surface area (Å²) in [5, 5.41) is 12.0. The first-order valence-corrected chi connectivity index (χ1v) is 9.34. The first kappa shape index (κ1) is 21.9. The van der Waals surface area contributed by atoms with E-state index in [1.54, 1.807) is 12.4 Å². The largest absolute Gasteiger partial charge is 0.480 e. The van der Waals surface area contributed by atoms with Gasteiger partial charge in [-0.1, -0.05) is 24.3 Å². The van der Waals surface area contributed by atoms with E-state index in [1.165, 1.54) is 18.7 Å². The number of pyridine rings is 1. The third-order valence-corrected chi connectivity index (χ3v) is 4.42. The van der Waals surface area contributed by atoms with Crippen molar-refractivity contribution in [2.24, 2.45) is 0 Å². The Hall–Kier alpha value is -3.42. The molecule has 154 valence electrons. The Labute approximate surface area is 170 Å². The standard InChI is InChI=1S/C21H26N4O4/c1-16(21(28)29)25(12-11-23-17(2)26)20(27)15-24(19-8-4-3-5-9-19)14-18-7-6-10-22-13-18/h3-10,13,16H,11-12,14-15H2,1-2H3,(H,23,26)(H,28,29). The highest BCUT2D eigenvalue weighted by Gasteiger charge is 2.26. The van der Waals surface area contributed by atoms with Gasteiger partial charge in [-0.05, 0) is 30.7 Å². The molecule has 0 fully saturated rings. The molecule has 0 spiro atoms. The molecule has 0 radical (unpaired) electrons. The SMILES string of the molecule is CC(=O)NCCN(C(=O)CN(Cc1cccnc1)c1ccccc1)C(C)C(=O)O. The molecule has 8 nitrogen and oxygen atoms in total. The van der Waals surface area contributed by atoms with E-state index in [2.05, 4.69) is 10.3 Å². The quantitative estimate of drug-likeness (QED) is 0.629. The average Bonchev–Trinajstić information content (AvgIpc) is 2.71. The number of aromatic nitrogens is 1. The summed E-state index contributed by atoms with van der Waals surface area (Å²) in [7, 11) is 0. The number of amides is 2. The molecule has 0 saturated heterocycles. The van der Waals surface area contributed by atoms with Crippen LogP contribution in [0.4, 0.5) is 5.69 Å². The number of hydrogen-bond acceptors (Lipinski definition) is 5. The van der Waals surface area contributed by atoms with Crippen LogP contribution in [0.1, 0.15) is 19.4 Å². The number of rotatable bonds is 10. The Morgan fingerprint density at radius 3 is 2.45 bits per heavy atom. The zero-order chi connectivity index (χ0) is 21.2. The second kappa shape index (κ2) is 10.8. The van der Waals surface area contributed by atoms with E-state index in [9.17, 15) is 19.5 Å². The van der Waals surface area contributed by atoms with Crippen molar-refractivity contribution in [3.8, 4) is 0 Å². The summed E-state index contributed by atoms with van der Waals surface area (Å²) >= 11 is 0. The molecule has 2 aromatic rings. The normalized spacial score (nSPS) is 11.4. The van der Waals surface area contributed by atoms with Gasteiger partial charge in [0.1, 0.15) is 6.04 Å². The molecule has 2 N–H and O–H groups in total. The fourth-order valence-corrected chi connectivity index (χ4v) is 2.86. The lowest BCUT2D eigenvalue weighted by Crippen LogP contribution is -2.50. The number of aliphatic carboxylic acids is 1. The molecule has 2 rings (SSSR count). The molecule has 8 heteroatoms. The first-order chi connectivity index (χ1) is 13.9. The Morgan fingerprint density at radius 1 is 1.14 bits per heavy atom. The van der Waals surface area contributed by atoms with Crippen LogP contribution in [0.3, 0.4) is 0 Å². The summed E-state index contributed by atoms with van der Waals surface area (Å²) in [5.41, 5.74) is 1.77. The first-order valence-electron chi connectivity index (χ1n) is 9.34. The van der Waals surface area contributed by atoms with Crippen LogP contribution in [-0.4, -0.2) is 58.5 Å². The number of carbonyl (C=O) groups excluding carboxylic acids is 2. The van der Waals surface area contributed by atoms with Crippen LogP contribution in [0.15, 0.2) is 54.9 Å². The molecule has 1 heterocycles. The molecule has 29 heavy (non-hydrogen) atoms. The molecule has 1 aromatic heterocycles. The average molecular weight is 398 g/mol. The summed E-state index contributed by atoms with van der Waals surface area (Å²) in [6.07, 6.45) is 3.41. The van der Waals surface area contributed by atoms with E-state index in [0.29, 0.717) is 6.54 Å². The highest BCUT2D eigenvalue weighted by Crippen LogP contribution is 2.17. The predicted octanol–water partition coefficient (Wildman–Crippen LogP) is 1.53. The van der Waals surface area contributed by atoms with Gasteiger partial charge in [0.15, 0.2) is 0 Å². The van der Waals surface area contributed by atoms with Crippen LogP contribution in [0.5, 0.6) is 0 Å². The maximum atomic E-state index is 13.0. The van der Waals surface area contributed by atoms with Crippen LogP contribution in [-0.2, 0) is 20.9 Å². The molecule has 0 aliphatic rings. The second-order valence-corrected chi connectivity index (χ2v) is 6.64. The lowest BCUT2D eigenvalue weighted by atomic mass is 10.2. The highest BCUT2D eigenvalue weighted by atomic mass is 16.4. The summed E-state index contributed by atoms with van der Waals surface area (Å²) < 4.78 is 0. The third-order valence-electron chi connectivity index (χ3n) is 4.42. The monoisotopic (exact) mass is 398 g/mol. The predicted molar refractivity (Wildman–Crippen MR) is 109 cm³/mol. The maximum Gasteiger partial charge on any atom is 0.326 e. The van der Waals surface area contributed by atoms with Gasteiger partial charge in [-0.15, -0.1) is 0 Å². The summed E-state index contributed by atoms with van der Waals surface area (Å²) in [6.45, 7) is 3.58. The Morgan fingerprint density at radius 2 is 1.86 bits per heavy atom. The minimum absolute atomic E-state index is 0.00337. The highest BCUT2D eigenvalue weighted by molar-refractivity contribution is 5.86.